The number of carbonyl (C=O) groups excluding carboxylic acids is 1. The molecule has 1 saturated carbocycles. The van der Waals surface area contributed by atoms with Gasteiger partial charge in [0.2, 0.25) is 0 Å². The first-order chi connectivity index (χ1) is 11.6. The van der Waals surface area contributed by atoms with E-state index >= 15 is 0 Å². The first kappa shape index (κ1) is 15.4. The van der Waals surface area contributed by atoms with E-state index in [1.54, 1.807) is 6.20 Å². The van der Waals surface area contributed by atoms with Crippen LogP contribution in [0.4, 0.5) is 0 Å². The second-order valence-electron chi connectivity index (χ2n) is 6.93. The second-order valence-corrected chi connectivity index (χ2v) is 6.93. The van der Waals surface area contributed by atoms with E-state index in [9.17, 15) is 4.79 Å². The van der Waals surface area contributed by atoms with Crippen molar-refractivity contribution >= 4 is 5.91 Å². The molecule has 2 aromatic rings. The Kier molecular flexibility index (Phi) is 3.88. The van der Waals surface area contributed by atoms with Crippen LogP contribution in [-0.4, -0.2) is 45.9 Å². The monoisotopic (exact) mass is 325 g/mol. The number of morpholine rings is 1. The van der Waals surface area contributed by atoms with Crippen LogP contribution in [0.2, 0.25) is 0 Å². The van der Waals surface area contributed by atoms with E-state index in [4.69, 9.17) is 4.74 Å². The molecule has 0 spiro atoms. The van der Waals surface area contributed by atoms with Gasteiger partial charge in [-0.2, -0.15) is 5.10 Å². The number of amides is 1. The van der Waals surface area contributed by atoms with Crippen LogP contribution in [0.3, 0.4) is 0 Å². The Morgan fingerprint density at radius 3 is 2.42 bits per heavy atom. The summed E-state index contributed by atoms with van der Waals surface area (Å²) in [6, 6.07) is 10.1. The molecule has 0 unspecified atom stereocenters. The molecule has 24 heavy (non-hydrogen) atoms. The van der Waals surface area contributed by atoms with Crippen LogP contribution < -0.4 is 0 Å². The molecule has 1 amide bonds. The minimum atomic E-state index is 0.0752. The van der Waals surface area contributed by atoms with Gasteiger partial charge in [0.15, 0.2) is 0 Å². The molecule has 5 heteroatoms. The predicted octanol–water partition coefficient (Wildman–Crippen LogP) is 3.00. The molecule has 0 N–H and O–H groups in total. The van der Waals surface area contributed by atoms with Gasteiger partial charge in [-0.15, -0.1) is 0 Å². The zero-order valence-electron chi connectivity index (χ0n) is 14.2. The van der Waals surface area contributed by atoms with E-state index in [0.29, 0.717) is 19.0 Å². The molecule has 1 aliphatic carbocycles. The van der Waals surface area contributed by atoms with Crippen LogP contribution in [0, 0.1) is 0 Å². The quantitative estimate of drug-likeness (QED) is 0.871. The standard InChI is InChI=1S/C19H23N3O2/c1-13-11-21(12-14(2)24-13)19(23)17-10-20-22(18(17)15-8-9-15)16-6-4-3-5-7-16/h3-7,10,13-15H,8-9,11-12H2,1-2H3/t13-,14-/m0/s1. The van der Waals surface area contributed by atoms with Gasteiger partial charge in [-0.3, -0.25) is 4.79 Å². The van der Waals surface area contributed by atoms with Gasteiger partial charge in [0.05, 0.1) is 35.3 Å². The average Bonchev–Trinajstić information content (AvgIpc) is 3.32. The van der Waals surface area contributed by atoms with Gasteiger partial charge in [-0.1, -0.05) is 18.2 Å². The van der Waals surface area contributed by atoms with E-state index in [1.807, 2.05) is 53.8 Å². The Morgan fingerprint density at radius 1 is 1.12 bits per heavy atom. The van der Waals surface area contributed by atoms with Crippen molar-refractivity contribution in [1.29, 1.82) is 0 Å². The molecular weight excluding hydrogens is 302 g/mol. The Hall–Kier alpha value is -2.14. The van der Waals surface area contributed by atoms with E-state index in [-0.39, 0.29) is 18.1 Å². The Balaban J connectivity index is 1.68. The van der Waals surface area contributed by atoms with Crippen LogP contribution in [0.1, 0.15) is 48.7 Å². The predicted molar refractivity (Wildman–Crippen MR) is 91.5 cm³/mol. The van der Waals surface area contributed by atoms with Crippen molar-refractivity contribution < 1.29 is 9.53 Å². The summed E-state index contributed by atoms with van der Waals surface area (Å²) in [5.74, 6) is 0.531. The van der Waals surface area contributed by atoms with Crippen molar-refractivity contribution in [2.24, 2.45) is 0 Å². The summed E-state index contributed by atoms with van der Waals surface area (Å²) in [5, 5.41) is 4.54. The summed E-state index contributed by atoms with van der Waals surface area (Å²) >= 11 is 0. The van der Waals surface area contributed by atoms with Crippen molar-refractivity contribution in [3.8, 4) is 5.69 Å². The van der Waals surface area contributed by atoms with Crippen molar-refractivity contribution in [2.45, 2.75) is 44.8 Å². The maximum Gasteiger partial charge on any atom is 0.257 e. The molecule has 126 valence electrons. The number of carbonyl (C=O) groups is 1. The largest absolute Gasteiger partial charge is 0.372 e. The topological polar surface area (TPSA) is 47.4 Å². The molecule has 2 heterocycles. The summed E-state index contributed by atoms with van der Waals surface area (Å²) in [6.07, 6.45) is 4.16. The fraction of sp³-hybridized carbons (Fsp3) is 0.474. The zero-order chi connectivity index (χ0) is 16.7. The molecule has 1 saturated heterocycles. The van der Waals surface area contributed by atoms with E-state index in [1.165, 1.54) is 0 Å². The third kappa shape index (κ3) is 2.84. The van der Waals surface area contributed by atoms with E-state index in [2.05, 4.69) is 5.10 Å². The lowest BCUT2D eigenvalue weighted by Gasteiger charge is -2.35. The first-order valence-corrected chi connectivity index (χ1v) is 8.71. The Bertz CT molecular complexity index is 726. The highest BCUT2D eigenvalue weighted by Gasteiger charge is 2.35. The molecule has 0 bridgehead atoms. The summed E-state index contributed by atoms with van der Waals surface area (Å²) in [4.78, 5) is 15.0. The molecule has 1 aliphatic heterocycles. The molecule has 2 atom stereocenters. The lowest BCUT2D eigenvalue weighted by atomic mass is 10.1. The Labute approximate surface area is 142 Å². The van der Waals surface area contributed by atoms with Gasteiger partial charge >= 0.3 is 0 Å². The third-order valence-electron chi connectivity index (χ3n) is 4.71. The number of nitrogens with zero attached hydrogens (tertiary/aromatic N) is 3. The summed E-state index contributed by atoms with van der Waals surface area (Å²) < 4.78 is 7.69. The van der Waals surface area contributed by atoms with Crippen LogP contribution in [0.25, 0.3) is 5.69 Å². The van der Waals surface area contributed by atoms with Gasteiger partial charge in [-0.25, -0.2) is 4.68 Å². The van der Waals surface area contributed by atoms with Crippen LogP contribution in [-0.2, 0) is 4.74 Å². The number of benzene rings is 1. The lowest BCUT2D eigenvalue weighted by molar-refractivity contribution is -0.0586. The highest BCUT2D eigenvalue weighted by Crippen LogP contribution is 2.42. The minimum Gasteiger partial charge on any atom is -0.372 e. The second kappa shape index (κ2) is 6.06. The summed E-state index contributed by atoms with van der Waals surface area (Å²) in [7, 11) is 0. The third-order valence-corrected chi connectivity index (χ3v) is 4.71. The fourth-order valence-electron chi connectivity index (χ4n) is 3.56. The van der Waals surface area contributed by atoms with Gasteiger partial charge in [-0.05, 0) is 38.8 Å². The van der Waals surface area contributed by atoms with Gasteiger partial charge < -0.3 is 9.64 Å². The van der Waals surface area contributed by atoms with Crippen molar-refractivity contribution in [3.63, 3.8) is 0 Å². The SMILES string of the molecule is C[C@H]1CN(C(=O)c2cnn(-c3ccccc3)c2C2CC2)C[C@H](C)O1. The highest BCUT2D eigenvalue weighted by molar-refractivity contribution is 5.95. The van der Waals surface area contributed by atoms with Crippen molar-refractivity contribution in [1.82, 2.24) is 14.7 Å². The molecule has 2 aliphatic rings. The minimum absolute atomic E-state index is 0.0752. The number of ether oxygens (including phenoxy) is 1. The smallest absolute Gasteiger partial charge is 0.257 e. The first-order valence-electron chi connectivity index (χ1n) is 8.71. The Morgan fingerprint density at radius 2 is 1.79 bits per heavy atom. The average molecular weight is 325 g/mol. The highest BCUT2D eigenvalue weighted by atomic mass is 16.5. The van der Waals surface area contributed by atoms with Gasteiger partial charge in [0.1, 0.15) is 0 Å². The van der Waals surface area contributed by atoms with Crippen LogP contribution >= 0.6 is 0 Å². The maximum atomic E-state index is 13.1. The molecule has 2 fully saturated rings. The fourth-order valence-corrected chi connectivity index (χ4v) is 3.56. The summed E-state index contributed by atoms with van der Waals surface area (Å²) in [5.41, 5.74) is 2.84. The number of hydrogen-bond acceptors (Lipinski definition) is 3. The molecule has 1 aromatic heterocycles. The zero-order valence-corrected chi connectivity index (χ0v) is 14.2. The van der Waals surface area contributed by atoms with Gasteiger partial charge in [0.25, 0.3) is 5.91 Å². The lowest BCUT2D eigenvalue weighted by Crippen LogP contribution is -2.48. The molecule has 0 radical (unpaired) electrons. The van der Waals surface area contributed by atoms with Gasteiger partial charge in [0, 0.05) is 19.0 Å². The molecule has 5 nitrogen and oxygen atoms in total. The van der Waals surface area contributed by atoms with Crippen LogP contribution in [0.15, 0.2) is 36.5 Å². The molecule has 1 aromatic carbocycles. The van der Waals surface area contributed by atoms with E-state index < -0.39 is 0 Å². The number of para-hydroxylation sites is 1. The maximum absolute atomic E-state index is 13.1. The van der Waals surface area contributed by atoms with E-state index in [0.717, 1.165) is 29.8 Å². The molecular formula is C19H23N3O2. The van der Waals surface area contributed by atoms with Crippen LogP contribution in [0.5, 0.6) is 0 Å². The molecule has 4 rings (SSSR count). The number of rotatable bonds is 3. The summed E-state index contributed by atoms with van der Waals surface area (Å²) in [6.45, 7) is 5.32. The van der Waals surface area contributed by atoms with Crippen molar-refractivity contribution in [3.05, 3.63) is 47.8 Å². The van der Waals surface area contributed by atoms with Crippen molar-refractivity contribution in [2.75, 3.05) is 13.1 Å². The number of hydrogen-bond donors (Lipinski definition) is 0. The number of aromatic nitrogens is 2. The normalized spacial score (nSPS) is 24.2.